The summed E-state index contributed by atoms with van der Waals surface area (Å²) >= 11 is 3.52. The molecule has 0 aliphatic carbocycles. The van der Waals surface area contributed by atoms with Crippen LogP contribution >= 0.6 is 15.9 Å². The minimum atomic E-state index is -0.0510. The molecule has 0 saturated carbocycles. The van der Waals surface area contributed by atoms with Crippen LogP contribution in [0.4, 0.5) is 0 Å². The molecule has 0 unspecified atom stereocenters. The Hall–Kier alpha value is -3.00. The van der Waals surface area contributed by atoms with Crippen LogP contribution in [0.25, 0.3) is 22.2 Å². The molecule has 3 heterocycles. The molecule has 4 rings (SSSR count). The van der Waals surface area contributed by atoms with Gasteiger partial charge in [0.25, 0.3) is 0 Å². The summed E-state index contributed by atoms with van der Waals surface area (Å²) in [6.07, 6.45) is 3.70. The van der Waals surface area contributed by atoms with Gasteiger partial charge in [-0.1, -0.05) is 29.8 Å². The molecule has 1 amide bonds. The van der Waals surface area contributed by atoms with Crippen LogP contribution in [0, 0.1) is 13.8 Å². The minimum absolute atomic E-state index is 0.0510. The Bertz CT molecular complexity index is 1240. The van der Waals surface area contributed by atoms with E-state index in [9.17, 15) is 4.79 Å². The molecular formula is C23H25BrN6O. The van der Waals surface area contributed by atoms with Gasteiger partial charge in [-0.05, 0) is 53.9 Å². The maximum Gasteiger partial charge on any atom is 0.244 e. The molecule has 0 N–H and O–H groups in total. The standard InChI is InChI=1S/C23H25BrN6O/c1-5-29-12-19(24)20(27-29)13-28(4)21(31)14-30-23-22(16(3)26-30)18(10-11-25-23)17-8-6-15(2)7-9-17/h6-12H,5,13-14H2,1-4H3. The quantitative estimate of drug-likeness (QED) is 0.411. The molecule has 160 valence electrons. The van der Waals surface area contributed by atoms with Crippen LogP contribution in [0.3, 0.4) is 0 Å². The average molecular weight is 481 g/mol. The van der Waals surface area contributed by atoms with Gasteiger partial charge in [-0.25, -0.2) is 9.67 Å². The van der Waals surface area contributed by atoms with Crippen molar-refractivity contribution in [1.82, 2.24) is 29.4 Å². The number of likely N-dealkylation sites (N-methyl/N-ethyl adjacent to an activating group) is 1. The van der Waals surface area contributed by atoms with Crippen molar-refractivity contribution < 1.29 is 4.79 Å². The van der Waals surface area contributed by atoms with Gasteiger partial charge in [-0.15, -0.1) is 0 Å². The molecule has 31 heavy (non-hydrogen) atoms. The van der Waals surface area contributed by atoms with Gasteiger partial charge >= 0.3 is 0 Å². The van der Waals surface area contributed by atoms with Crippen LogP contribution in [0.15, 0.2) is 47.2 Å². The first-order valence-corrected chi connectivity index (χ1v) is 11.0. The zero-order valence-electron chi connectivity index (χ0n) is 18.1. The Kier molecular flexibility index (Phi) is 5.91. The van der Waals surface area contributed by atoms with Crippen LogP contribution in [0.2, 0.25) is 0 Å². The summed E-state index contributed by atoms with van der Waals surface area (Å²) < 4.78 is 4.44. The van der Waals surface area contributed by atoms with Gasteiger partial charge in [0.05, 0.1) is 22.4 Å². The van der Waals surface area contributed by atoms with Crippen molar-refractivity contribution in [3.05, 3.63) is 64.1 Å². The molecule has 7 nitrogen and oxygen atoms in total. The first-order valence-electron chi connectivity index (χ1n) is 10.2. The monoisotopic (exact) mass is 480 g/mol. The van der Waals surface area contributed by atoms with Crippen molar-refractivity contribution in [1.29, 1.82) is 0 Å². The van der Waals surface area contributed by atoms with E-state index in [1.165, 1.54) is 5.56 Å². The first kappa shape index (κ1) is 21.2. The van der Waals surface area contributed by atoms with Crippen molar-refractivity contribution in [2.75, 3.05) is 7.05 Å². The van der Waals surface area contributed by atoms with Gasteiger partial charge in [-0.3, -0.25) is 9.48 Å². The number of carbonyl (C=O) groups is 1. The largest absolute Gasteiger partial charge is 0.338 e. The third-order valence-electron chi connectivity index (χ3n) is 5.38. The van der Waals surface area contributed by atoms with Crippen molar-refractivity contribution >= 4 is 32.9 Å². The zero-order chi connectivity index (χ0) is 22.1. The molecule has 0 aliphatic heterocycles. The number of aromatic nitrogens is 5. The smallest absolute Gasteiger partial charge is 0.244 e. The van der Waals surface area contributed by atoms with Crippen molar-refractivity contribution in [2.45, 2.75) is 40.4 Å². The summed E-state index contributed by atoms with van der Waals surface area (Å²) in [6.45, 7) is 7.39. The highest BCUT2D eigenvalue weighted by atomic mass is 79.9. The van der Waals surface area contributed by atoms with Crippen LogP contribution in [0.1, 0.15) is 23.9 Å². The van der Waals surface area contributed by atoms with E-state index in [-0.39, 0.29) is 12.5 Å². The Morgan fingerprint density at radius 3 is 2.55 bits per heavy atom. The van der Waals surface area contributed by atoms with Crippen molar-refractivity contribution in [2.24, 2.45) is 0 Å². The van der Waals surface area contributed by atoms with Gasteiger partial charge in [0.1, 0.15) is 6.54 Å². The summed E-state index contributed by atoms with van der Waals surface area (Å²) in [5.41, 5.74) is 5.81. The third kappa shape index (κ3) is 4.25. The van der Waals surface area contributed by atoms with Crippen LogP contribution in [0.5, 0.6) is 0 Å². The number of carbonyl (C=O) groups excluding carboxylic acids is 1. The fraction of sp³-hybridized carbons (Fsp3) is 0.304. The van der Waals surface area contributed by atoms with Crippen LogP contribution < -0.4 is 0 Å². The third-order valence-corrected chi connectivity index (χ3v) is 6.04. The van der Waals surface area contributed by atoms with Crippen molar-refractivity contribution in [3.63, 3.8) is 0 Å². The molecule has 0 spiro atoms. The number of pyridine rings is 1. The van der Waals surface area contributed by atoms with E-state index >= 15 is 0 Å². The van der Waals surface area contributed by atoms with Gasteiger partial charge in [0.2, 0.25) is 5.91 Å². The Labute approximate surface area is 189 Å². The predicted octanol–water partition coefficient (Wildman–Crippen LogP) is 4.35. The molecule has 0 bridgehead atoms. The van der Waals surface area contributed by atoms with E-state index in [1.807, 2.05) is 30.8 Å². The van der Waals surface area contributed by atoms with E-state index in [0.29, 0.717) is 12.2 Å². The maximum absolute atomic E-state index is 12.9. The second-order valence-electron chi connectivity index (χ2n) is 7.70. The lowest BCUT2D eigenvalue weighted by Gasteiger charge is -2.16. The fourth-order valence-electron chi connectivity index (χ4n) is 3.63. The minimum Gasteiger partial charge on any atom is -0.338 e. The van der Waals surface area contributed by atoms with Gasteiger partial charge in [0, 0.05) is 31.4 Å². The molecular weight excluding hydrogens is 456 g/mol. The Balaban J connectivity index is 1.60. The summed E-state index contributed by atoms with van der Waals surface area (Å²) in [6, 6.07) is 10.4. The summed E-state index contributed by atoms with van der Waals surface area (Å²) in [7, 11) is 1.78. The molecule has 4 aromatic rings. The number of hydrogen-bond donors (Lipinski definition) is 0. The van der Waals surface area contributed by atoms with Crippen LogP contribution in [-0.2, 0) is 24.4 Å². The number of nitrogens with zero attached hydrogens (tertiary/aromatic N) is 6. The summed E-state index contributed by atoms with van der Waals surface area (Å²) in [5.74, 6) is -0.0510. The normalized spacial score (nSPS) is 11.3. The number of halogens is 1. The average Bonchev–Trinajstić information content (AvgIpc) is 3.28. The first-order chi connectivity index (χ1) is 14.9. The number of fused-ring (bicyclic) bond motifs is 1. The highest BCUT2D eigenvalue weighted by molar-refractivity contribution is 9.10. The number of aryl methyl sites for hydroxylation is 3. The van der Waals surface area contributed by atoms with E-state index in [4.69, 9.17) is 0 Å². The molecule has 0 fully saturated rings. The lowest BCUT2D eigenvalue weighted by Crippen LogP contribution is -2.30. The molecule has 1 aromatic carbocycles. The number of hydrogen-bond acceptors (Lipinski definition) is 4. The number of amides is 1. The Morgan fingerprint density at radius 1 is 1.13 bits per heavy atom. The molecule has 0 radical (unpaired) electrons. The van der Waals surface area contributed by atoms with Crippen LogP contribution in [-0.4, -0.2) is 42.4 Å². The number of rotatable bonds is 6. The fourth-order valence-corrected chi connectivity index (χ4v) is 4.07. The highest BCUT2D eigenvalue weighted by Gasteiger charge is 2.19. The molecule has 0 saturated heterocycles. The lowest BCUT2D eigenvalue weighted by atomic mass is 10.0. The summed E-state index contributed by atoms with van der Waals surface area (Å²) in [4.78, 5) is 19.1. The maximum atomic E-state index is 12.9. The van der Waals surface area contributed by atoms with Gasteiger partial charge in [-0.2, -0.15) is 10.2 Å². The highest BCUT2D eigenvalue weighted by Crippen LogP contribution is 2.30. The van der Waals surface area contributed by atoms with E-state index in [0.717, 1.165) is 38.9 Å². The zero-order valence-corrected chi connectivity index (χ0v) is 19.7. The SMILES string of the molecule is CCn1cc(Br)c(CN(C)C(=O)Cn2nc(C)c3c(-c4ccc(C)cc4)ccnc32)n1. The number of benzene rings is 1. The molecule has 3 aromatic heterocycles. The second-order valence-corrected chi connectivity index (χ2v) is 8.55. The van der Waals surface area contributed by atoms with E-state index in [1.54, 1.807) is 22.8 Å². The van der Waals surface area contributed by atoms with Crippen molar-refractivity contribution in [3.8, 4) is 11.1 Å². The van der Waals surface area contributed by atoms with Gasteiger partial charge in [0.15, 0.2) is 5.65 Å². The lowest BCUT2D eigenvalue weighted by molar-refractivity contribution is -0.131. The second kappa shape index (κ2) is 8.63. The molecule has 8 heteroatoms. The predicted molar refractivity (Wildman–Crippen MR) is 125 cm³/mol. The Morgan fingerprint density at radius 2 is 1.87 bits per heavy atom. The van der Waals surface area contributed by atoms with Gasteiger partial charge < -0.3 is 4.90 Å². The molecule has 0 atom stereocenters. The van der Waals surface area contributed by atoms with E-state index < -0.39 is 0 Å². The summed E-state index contributed by atoms with van der Waals surface area (Å²) in [5, 5.41) is 10.1. The van der Waals surface area contributed by atoms with E-state index in [2.05, 4.69) is 62.3 Å². The topological polar surface area (TPSA) is 68.8 Å². The molecule has 0 aliphatic rings.